The Morgan fingerprint density at radius 1 is 1.00 bits per heavy atom. The molecule has 1 N–H and O–H groups in total. The summed E-state index contributed by atoms with van der Waals surface area (Å²) in [6.07, 6.45) is -4.72. The number of hydrogen-bond acceptors (Lipinski definition) is 4. The highest BCUT2D eigenvalue weighted by Gasteiger charge is 2.31. The molecule has 0 aliphatic carbocycles. The maximum absolute atomic E-state index is 13.2. The molecule has 1 aliphatic heterocycles. The Kier molecular flexibility index (Phi) is 7.11. The van der Waals surface area contributed by atoms with Gasteiger partial charge in [-0.05, 0) is 35.9 Å². The summed E-state index contributed by atoms with van der Waals surface area (Å²) in [5, 5.41) is 2.49. The maximum atomic E-state index is 13.2. The molecule has 6 nitrogen and oxygen atoms in total. The Morgan fingerprint density at radius 2 is 1.68 bits per heavy atom. The number of nitrogens with one attached hydrogen (secondary N) is 1. The first kappa shape index (κ1) is 22.5. The van der Waals surface area contributed by atoms with Crippen molar-refractivity contribution in [3.8, 4) is 5.75 Å². The van der Waals surface area contributed by atoms with E-state index in [0.29, 0.717) is 32.7 Å². The molecule has 0 atom stereocenters. The number of ether oxygens (including phenoxy) is 1. The Bertz CT molecular complexity index is 911. The Balaban J connectivity index is 1.41. The second-order valence-corrected chi connectivity index (χ2v) is 7.04. The van der Waals surface area contributed by atoms with Gasteiger partial charge in [0.25, 0.3) is 5.91 Å². The van der Waals surface area contributed by atoms with E-state index >= 15 is 0 Å². The van der Waals surface area contributed by atoms with Crippen molar-refractivity contribution < 1.29 is 31.9 Å². The second kappa shape index (κ2) is 9.78. The van der Waals surface area contributed by atoms with Crippen LogP contribution in [0.4, 0.5) is 17.6 Å². The van der Waals surface area contributed by atoms with Crippen molar-refractivity contribution in [1.82, 2.24) is 15.1 Å². The molecule has 10 heteroatoms. The van der Waals surface area contributed by atoms with Crippen LogP contribution in [0.25, 0.3) is 0 Å². The van der Waals surface area contributed by atoms with Gasteiger partial charge >= 0.3 is 6.36 Å². The lowest BCUT2D eigenvalue weighted by molar-refractivity contribution is -0.274. The predicted molar refractivity (Wildman–Crippen MR) is 104 cm³/mol. The van der Waals surface area contributed by atoms with Gasteiger partial charge < -0.3 is 15.0 Å². The number of halogens is 4. The predicted octanol–water partition coefficient (Wildman–Crippen LogP) is 2.80. The molecule has 0 unspecified atom stereocenters. The van der Waals surface area contributed by atoms with E-state index < -0.39 is 18.1 Å². The number of benzene rings is 2. The second-order valence-electron chi connectivity index (χ2n) is 7.04. The summed E-state index contributed by atoms with van der Waals surface area (Å²) in [6, 6.07) is 10.9. The van der Waals surface area contributed by atoms with E-state index in [1.165, 1.54) is 30.3 Å². The lowest BCUT2D eigenvalue weighted by Gasteiger charge is -2.34. The van der Waals surface area contributed by atoms with Crippen molar-refractivity contribution in [2.24, 2.45) is 0 Å². The Hall–Kier alpha value is -3.14. The van der Waals surface area contributed by atoms with Crippen molar-refractivity contribution in [2.45, 2.75) is 12.9 Å². The first-order chi connectivity index (χ1) is 14.7. The third-order valence-electron chi connectivity index (χ3n) is 4.78. The average molecular weight is 439 g/mol. The quantitative estimate of drug-likeness (QED) is 0.704. The topological polar surface area (TPSA) is 61.9 Å². The van der Waals surface area contributed by atoms with Gasteiger partial charge in [0.05, 0.1) is 6.54 Å². The fourth-order valence-electron chi connectivity index (χ4n) is 3.21. The fraction of sp³-hybridized carbons (Fsp3) is 0.333. The standard InChI is InChI=1S/C21H21F4N3O3/c22-17-3-1-2-16(12-17)20(30)26-13-19(29)28-10-8-27(9-11-28)14-15-4-6-18(7-5-15)31-21(23,24)25/h1-7,12H,8-11,13-14H2,(H,26,30). The SMILES string of the molecule is O=C(NCC(=O)N1CCN(Cc2ccc(OC(F)(F)F)cc2)CC1)c1cccc(F)c1. The molecule has 1 heterocycles. The van der Waals surface area contributed by atoms with Crippen LogP contribution < -0.4 is 10.1 Å². The fourth-order valence-corrected chi connectivity index (χ4v) is 3.21. The summed E-state index contributed by atoms with van der Waals surface area (Å²) < 4.78 is 53.7. The van der Waals surface area contributed by atoms with E-state index in [4.69, 9.17) is 0 Å². The molecule has 0 spiro atoms. The van der Waals surface area contributed by atoms with Gasteiger partial charge in [0, 0.05) is 38.3 Å². The Labute approximate surface area is 176 Å². The van der Waals surface area contributed by atoms with E-state index in [1.54, 1.807) is 17.0 Å². The summed E-state index contributed by atoms with van der Waals surface area (Å²) in [5.41, 5.74) is 0.973. The van der Waals surface area contributed by atoms with Crippen LogP contribution in [0.3, 0.4) is 0 Å². The number of hydrogen-bond donors (Lipinski definition) is 1. The molecule has 0 saturated carbocycles. The van der Waals surface area contributed by atoms with Crippen molar-refractivity contribution in [1.29, 1.82) is 0 Å². The van der Waals surface area contributed by atoms with Crippen molar-refractivity contribution >= 4 is 11.8 Å². The molecule has 1 saturated heterocycles. The molecule has 1 fully saturated rings. The average Bonchev–Trinajstić information content (AvgIpc) is 2.72. The minimum absolute atomic E-state index is 0.143. The van der Waals surface area contributed by atoms with E-state index in [9.17, 15) is 27.2 Å². The van der Waals surface area contributed by atoms with Gasteiger partial charge in [-0.3, -0.25) is 14.5 Å². The molecule has 0 bridgehead atoms. The summed E-state index contributed by atoms with van der Waals surface area (Å²) in [6.45, 7) is 2.45. The first-order valence-electron chi connectivity index (χ1n) is 9.58. The van der Waals surface area contributed by atoms with Crippen LogP contribution in [0.15, 0.2) is 48.5 Å². The molecule has 0 aromatic heterocycles. The van der Waals surface area contributed by atoms with Crippen LogP contribution in [0.5, 0.6) is 5.75 Å². The van der Waals surface area contributed by atoms with Crippen LogP contribution in [0.1, 0.15) is 15.9 Å². The van der Waals surface area contributed by atoms with Crippen molar-refractivity contribution in [3.05, 3.63) is 65.5 Å². The summed E-state index contributed by atoms with van der Waals surface area (Å²) >= 11 is 0. The van der Waals surface area contributed by atoms with Crippen molar-refractivity contribution in [3.63, 3.8) is 0 Å². The van der Waals surface area contributed by atoms with Crippen molar-refractivity contribution in [2.75, 3.05) is 32.7 Å². The van der Waals surface area contributed by atoms with E-state index in [1.807, 2.05) is 0 Å². The van der Waals surface area contributed by atoms with Crippen LogP contribution in [-0.4, -0.2) is 60.7 Å². The highest BCUT2D eigenvalue weighted by molar-refractivity contribution is 5.96. The normalized spacial score (nSPS) is 14.9. The zero-order chi connectivity index (χ0) is 22.4. The van der Waals surface area contributed by atoms with Crippen LogP contribution >= 0.6 is 0 Å². The zero-order valence-corrected chi connectivity index (χ0v) is 16.5. The number of amides is 2. The van der Waals surface area contributed by atoms with E-state index in [2.05, 4.69) is 15.0 Å². The summed E-state index contributed by atoms with van der Waals surface area (Å²) in [5.74, 6) is -1.56. The minimum atomic E-state index is -4.72. The van der Waals surface area contributed by atoms with Crippen LogP contribution in [-0.2, 0) is 11.3 Å². The van der Waals surface area contributed by atoms with E-state index in [0.717, 1.165) is 11.6 Å². The molecular formula is C21H21F4N3O3. The van der Waals surface area contributed by atoms with Gasteiger partial charge in [-0.25, -0.2) is 4.39 Å². The van der Waals surface area contributed by atoms with Gasteiger partial charge in [0.2, 0.25) is 5.91 Å². The lowest BCUT2D eigenvalue weighted by Crippen LogP contribution is -2.50. The van der Waals surface area contributed by atoms with Gasteiger partial charge in [0.1, 0.15) is 11.6 Å². The third-order valence-corrected chi connectivity index (χ3v) is 4.78. The van der Waals surface area contributed by atoms with Crippen LogP contribution in [0.2, 0.25) is 0 Å². The summed E-state index contributed by atoms with van der Waals surface area (Å²) in [7, 11) is 0. The number of nitrogens with zero attached hydrogens (tertiary/aromatic N) is 2. The molecule has 2 aromatic rings. The highest BCUT2D eigenvalue weighted by Crippen LogP contribution is 2.23. The minimum Gasteiger partial charge on any atom is -0.406 e. The Morgan fingerprint density at radius 3 is 2.29 bits per heavy atom. The number of rotatable bonds is 6. The molecule has 2 amide bonds. The van der Waals surface area contributed by atoms with Gasteiger partial charge in [-0.1, -0.05) is 18.2 Å². The number of alkyl halides is 3. The summed E-state index contributed by atoms with van der Waals surface area (Å²) in [4.78, 5) is 28.0. The van der Waals surface area contributed by atoms with Crippen LogP contribution in [0, 0.1) is 5.82 Å². The molecule has 3 rings (SSSR count). The number of carbonyl (C=O) groups is 2. The van der Waals surface area contributed by atoms with Gasteiger partial charge in [0.15, 0.2) is 0 Å². The molecule has 2 aromatic carbocycles. The first-order valence-corrected chi connectivity index (χ1v) is 9.58. The van der Waals surface area contributed by atoms with Gasteiger partial charge in [-0.15, -0.1) is 13.2 Å². The van der Waals surface area contributed by atoms with E-state index in [-0.39, 0.29) is 23.8 Å². The number of carbonyl (C=O) groups excluding carboxylic acids is 2. The molecular weight excluding hydrogens is 418 g/mol. The highest BCUT2D eigenvalue weighted by atomic mass is 19.4. The molecule has 1 aliphatic rings. The monoisotopic (exact) mass is 439 g/mol. The molecule has 31 heavy (non-hydrogen) atoms. The largest absolute Gasteiger partial charge is 0.573 e. The molecule has 0 radical (unpaired) electrons. The molecule has 166 valence electrons. The van der Waals surface area contributed by atoms with Gasteiger partial charge in [-0.2, -0.15) is 0 Å². The third kappa shape index (κ3) is 6.95. The zero-order valence-electron chi connectivity index (χ0n) is 16.5. The smallest absolute Gasteiger partial charge is 0.406 e. The maximum Gasteiger partial charge on any atom is 0.573 e. The lowest BCUT2D eigenvalue weighted by atomic mass is 10.2. The number of piperazine rings is 1.